The van der Waals surface area contributed by atoms with E-state index in [1.807, 2.05) is 0 Å². The smallest absolute Gasteiger partial charge is 0.417 e. The second-order valence-electron chi connectivity index (χ2n) is 5.90. The van der Waals surface area contributed by atoms with Gasteiger partial charge in [-0.05, 0) is 29.9 Å². The summed E-state index contributed by atoms with van der Waals surface area (Å²) in [6, 6.07) is 1.30. The summed E-state index contributed by atoms with van der Waals surface area (Å²) in [5.41, 5.74) is 1.68. The lowest BCUT2D eigenvalue weighted by Crippen LogP contribution is -2.34. The Morgan fingerprint density at radius 2 is 1.68 bits per heavy atom. The zero-order valence-electron chi connectivity index (χ0n) is 13.8. The van der Waals surface area contributed by atoms with Gasteiger partial charge >= 0.3 is 18.3 Å². The highest BCUT2D eigenvalue weighted by Crippen LogP contribution is 2.45. The summed E-state index contributed by atoms with van der Waals surface area (Å²) in [5.74, 6) is -2.23. The van der Waals surface area contributed by atoms with Crippen molar-refractivity contribution in [2.45, 2.75) is 44.6 Å². The number of benzene rings is 1. The van der Waals surface area contributed by atoms with Crippen LogP contribution in [0.15, 0.2) is 18.2 Å². The molecule has 142 valence electrons. The average Bonchev–Trinajstić information content (AvgIpc) is 2.50. The minimum atomic E-state index is -5.17. The number of ether oxygens (including phenoxy) is 1. The van der Waals surface area contributed by atoms with Crippen LogP contribution < -0.4 is 5.73 Å². The van der Waals surface area contributed by atoms with Gasteiger partial charge in [0.25, 0.3) is 0 Å². The summed E-state index contributed by atoms with van der Waals surface area (Å²) >= 11 is 0. The molecule has 25 heavy (non-hydrogen) atoms. The summed E-state index contributed by atoms with van der Waals surface area (Å²) in [4.78, 5) is 11.3. The topological polar surface area (TPSA) is 52.3 Å². The fraction of sp³-hybridized carbons (Fsp3) is 0.562. The number of hydrogen-bond donors (Lipinski definition) is 1. The van der Waals surface area contributed by atoms with E-state index in [0.717, 1.165) is 19.2 Å². The molecule has 0 bridgehead atoms. The SMILES string of the molecule is COC(=O)C(N)CC(C)C(C)c1cccc(C(F)(F)F)c1C(F)(F)F. The second-order valence-corrected chi connectivity index (χ2v) is 5.90. The Balaban J connectivity index is 3.30. The lowest BCUT2D eigenvalue weighted by molar-refractivity contribution is -0.162. The monoisotopic (exact) mass is 371 g/mol. The van der Waals surface area contributed by atoms with E-state index in [4.69, 9.17) is 5.73 Å². The summed E-state index contributed by atoms with van der Waals surface area (Å²) < 4.78 is 83.4. The minimum Gasteiger partial charge on any atom is -0.468 e. The van der Waals surface area contributed by atoms with E-state index in [0.29, 0.717) is 6.07 Å². The predicted molar refractivity (Wildman–Crippen MR) is 78.6 cm³/mol. The first-order valence-electron chi connectivity index (χ1n) is 7.41. The van der Waals surface area contributed by atoms with Crippen LogP contribution in [0.3, 0.4) is 0 Å². The number of carbonyl (C=O) groups is 1. The maximum Gasteiger partial charge on any atom is 0.417 e. The molecule has 9 heteroatoms. The molecule has 1 aromatic carbocycles. The summed E-state index contributed by atoms with van der Waals surface area (Å²) in [6.07, 6.45) is -10.3. The molecule has 0 aromatic heterocycles. The molecule has 0 spiro atoms. The highest BCUT2D eigenvalue weighted by Gasteiger charge is 2.45. The van der Waals surface area contributed by atoms with Gasteiger partial charge in [-0.1, -0.05) is 26.0 Å². The lowest BCUT2D eigenvalue weighted by Gasteiger charge is -2.27. The molecule has 0 saturated heterocycles. The Morgan fingerprint density at radius 1 is 1.12 bits per heavy atom. The molecule has 0 aliphatic rings. The van der Waals surface area contributed by atoms with Gasteiger partial charge in [0.05, 0.1) is 18.2 Å². The van der Waals surface area contributed by atoms with E-state index < -0.39 is 52.9 Å². The molecule has 1 aromatic rings. The molecule has 1 rings (SSSR count). The molecular formula is C16H19F6NO2. The molecule has 2 N–H and O–H groups in total. The molecule has 3 nitrogen and oxygen atoms in total. The number of methoxy groups -OCH3 is 1. The zero-order chi connectivity index (χ0) is 19.6. The Hall–Kier alpha value is -1.77. The lowest BCUT2D eigenvalue weighted by atomic mass is 9.81. The van der Waals surface area contributed by atoms with Gasteiger partial charge in [-0.2, -0.15) is 26.3 Å². The molecule has 0 amide bonds. The van der Waals surface area contributed by atoms with Crippen molar-refractivity contribution in [1.29, 1.82) is 0 Å². The first-order valence-corrected chi connectivity index (χ1v) is 7.41. The standard InChI is InChI=1S/C16H19F6NO2/c1-8(7-12(23)14(24)25-3)9(2)10-5-4-6-11(15(17,18)19)13(10)16(20,21)22/h4-6,8-9,12H,7,23H2,1-3H3. The molecule has 0 heterocycles. The van der Waals surface area contributed by atoms with Gasteiger partial charge in [0.1, 0.15) is 6.04 Å². The van der Waals surface area contributed by atoms with E-state index in [-0.39, 0.29) is 6.42 Å². The van der Waals surface area contributed by atoms with Crippen molar-refractivity contribution in [3.8, 4) is 0 Å². The maximum atomic E-state index is 13.3. The van der Waals surface area contributed by atoms with Crippen LogP contribution in [0.2, 0.25) is 0 Å². The van der Waals surface area contributed by atoms with Gasteiger partial charge in [-0.3, -0.25) is 4.79 Å². The maximum absolute atomic E-state index is 13.3. The van der Waals surface area contributed by atoms with E-state index in [1.54, 1.807) is 0 Å². The average molecular weight is 371 g/mol. The molecule has 0 fully saturated rings. The van der Waals surface area contributed by atoms with E-state index >= 15 is 0 Å². The number of rotatable bonds is 5. The van der Waals surface area contributed by atoms with Crippen molar-refractivity contribution in [3.63, 3.8) is 0 Å². The van der Waals surface area contributed by atoms with Crippen molar-refractivity contribution < 1.29 is 35.9 Å². The van der Waals surface area contributed by atoms with Crippen LogP contribution in [0.5, 0.6) is 0 Å². The summed E-state index contributed by atoms with van der Waals surface area (Å²) in [6.45, 7) is 2.90. The highest BCUT2D eigenvalue weighted by molar-refractivity contribution is 5.75. The minimum absolute atomic E-state index is 0.0264. The van der Waals surface area contributed by atoms with E-state index in [9.17, 15) is 31.1 Å². The van der Waals surface area contributed by atoms with Crippen LogP contribution in [0.1, 0.15) is 42.9 Å². The Morgan fingerprint density at radius 3 is 2.12 bits per heavy atom. The molecular weight excluding hydrogens is 352 g/mol. The number of alkyl halides is 6. The van der Waals surface area contributed by atoms with Gasteiger partial charge in [0.2, 0.25) is 0 Å². The van der Waals surface area contributed by atoms with Crippen molar-refractivity contribution in [2.24, 2.45) is 11.7 Å². The van der Waals surface area contributed by atoms with Crippen molar-refractivity contribution in [1.82, 2.24) is 0 Å². The third-order valence-electron chi connectivity index (χ3n) is 4.16. The molecule has 0 radical (unpaired) electrons. The van der Waals surface area contributed by atoms with Crippen molar-refractivity contribution >= 4 is 5.97 Å². The van der Waals surface area contributed by atoms with E-state index in [2.05, 4.69) is 4.74 Å². The van der Waals surface area contributed by atoms with Gasteiger partial charge in [0.15, 0.2) is 0 Å². The number of halogens is 6. The third kappa shape index (κ3) is 5.10. The Bertz CT molecular complexity index is 612. The van der Waals surface area contributed by atoms with Gasteiger partial charge < -0.3 is 10.5 Å². The van der Waals surface area contributed by atoms with Crippen molar-refractivity contribution in [3.05, 3.63) is 34.9 Å². The van der Waals surface area contributed by atoms with Crippen LogP contribution in [0.4, 0.5) is 26.3 Å². The van der Waals surface area contributed by atoms with Crippen LogP contribution >= 0.6 is 0 Å². The Labute approximate surface area is 141 Å². The van der Waals surface area contributed by atoms with Gasteiger partial charge in [-0.15, -0.1) is 0 Å². The predicted octanol–water partition coefficient (Wildman–Crippen LogP) is 4.35. The van der Waals surface area contributed by atoms with Crippen LogP contribution in [0.25, 0.3) is 0 Å². The highest BCUT2D eigenvalue weighted by atomic mass is 19.4. The van der Waals surface area contributed by atoms with E-state index in [1.165, 1.54) is 13.8 Å². The molecule has 0 aliphatic carbocycles. The summed E-state index contributed by atoms with van der Waals surface area (Å²) in [7, 11) is 1.12. The fourth-order valence-corrected chi connectivity index (χ4v) is 2.66. The van der Waals surface area contributed by atoms with Crippen LogP contribution in [-0.4, -0.2) is 19.1 Å². The number of esters is 1. The first kappa shape index (κ1) is 21.3. The number of nitrogens with two attached hydrogens (primary N) is 1. The number of carbonyl (C=O) groups excluding carboxylic acids is 1. The normalized spacial score (nSPS) is 16.2. The zero-order valence-corrected chi connectivity index (χ0v) is 13.8. The quantitative estimate of drug-likeness (QED) is 0.618. The number of hydrogen-bond acceptors (Lipinski definition) is 3. The largest absolute Gasteiger partial charge is 0.468 e. The van der Waals surface area contributed by atoms with Crippen LogP contribution in [-0.2, 0) is 21.9 Å². The third-order valence-corrected chi connectivity index (χ3v) is 4.16. The Kier molecular flexibility index (Phi) is 6.50. The molecule has 3 atom stereocenters. The summed E-state index contributed by atoms with van der Waals surface area (Å²) in [5, 5.41) is 0. The fourth-order valence-electron chi connectivity index (χ4n) is 2.66. The first-order chi connectivity index (χ1) is 11.3. The van der Waals surface area contributed by atoms with Gasteiger partial charge in [0, 0.05) is 0 Å². The molecule has 0 aliphatic heterocycles. The second kappa shape index (κ2) is 7.63. The van der Waals surface area contributed by atoms with Gasteiger partial charge in [-0.25, -0.2) is 0 Å². The van der Waals surface area contributed by atoms with Crippen molar-refractivity contribution in [2.75, 3.05) is 7.11 Å². The molecule has 0 saturated carbocycles. The molecule has 3 unspecified atom stereocenters. The van der Waals surface area contributed by atoms with Crippen LogP contribution in [0, 0.1) is 5.92 Å².